The molecule has 1 fully saturated rings. The van der Waals surface area contributed by atoms with Crippen molar-refractivity contribution in [3.63, 3.8) is 0 Å². The van der Waals surface area contributed by atoms with Crippen molar-refractivity contribution in [3.05, 3.63) is 35.9 Å². The number of likely N-dealkylation sites (tertiary alicyclic amines) is 1. The van der Waals surface area contributed by atoms with Gasteiger partial charge in [-0.05, 0) is 24.7 Å². The maximum Gasteiger partial charge on any atom is 0.154 e. The van der Waals surface area contributed by atoms with Gasteiger partial charge in [0.25, 0.3) is 0 Å². The molecule has 1 unspecified atom stereocenters. The molecule has 1 aromatic carbocycles. The Kier molecular flexibility index (Phi) is 5.59. The van der Waals surface area contributed by atoms with E-state index in [9.17, 15) is 0 Å². The van der Waals surface area contributed by atoms with Gasteiger partial charge >= 0.3 is 0 Å². The first-order valence-corrected chi connectivity index (χ1v) is 12.6. The Morgan fingerprint density at radius 3 is 2.19 bits per heavy atom. The predicted molar refractivity (Wildman–Crippen MR) is 98.2 cm³/mol. The van der Waals surface area contributed by atoms with E-state index in [-0.39, 0.29) is 4.87 Å². The van der Waals surface area contributed by atoms with Crippen LogP contribution >= 0.6 is 11.8 Å². The maximum absolute atomic E-state index is 3.71. The Balaban J connectivity index is 2.47. The summed E-state index contributed by atoms with van der Waals surface area (Å²) in [5, 5.41) is 0. The second-order valence-electron chi connectivity index (χ2n) is 6.76. The van der Waals surface area contributed by atoms with E-state index >= 15 is 0 Å². The normalized spacial score (nSPS) is 19.4. The molecule has 0 amide bonds. The summed E-state index contributed by atoms with van der Waals surface area (Å²) < 4.78 is 0. The van der Waals surface area contributed by atoms with Crippen molar-refractivity contribution in [3.8, 4) is 11.5 Å². The lowest BCUT2D eigenvalue weighted by Gasteiger charge is -2.42. The lowest BCUT2D eigenvalue weighted by atomic mass is 10.0. The fraction of sp³-hybridized carbons (Fsp3) is 0.556. The number of thioether (sulfide) groups is 1. The van der Waals surface area contributed by atoms with Crippen LogP contribution in [0.2, 0.25) is 19.6 Å². The molecule has 1 aliphatic heterocycles. The van der Waals surface area contributed by atoms with Crippen LogP contribution in [0.15, 0.2) is 30.3 Å². The van der Waals surface area contributed by atoms with Gasteiger partial charge in [0.15, 0.2) is 4.87 Å². The van der Waals surface area contributed by atoms with Gasteiger partial charge in [0, 0.05) is 13.1 Å². The lowest BCUT2D eigenvalue weighted by Crippen LogP contribution is -2.45. The SMILES string of the molecule is CSC(C#C[Si](C)(C)C)(c1ccccc1)N1CCCCC1. The van der Waals surface area contributed by atoms with Crippen molar-refractivity contribution >= 4 is 19.8 Å². The number of nitrogens with zero attached hydrogens (tertiary/aromatic N) is 1. The molecule has 1 aliphatic rings. The van der Waals surface area contributed by atoms with Gasteiger partial charge in [-0.3, -0.25) is 4.90 Å². The molecule has 1 heterocycles. The van der Waals surface area contributed by atoms with Crippen molar-refractivity contribution in [1.29, 1.82) is 0 Å². The molecule has 0 spiro atoms. The van der Waals surface area contributed by atoms with E-state index < -0.39 is 8.07 Å². The van der Waals surface area contributed by atoms with E-state index in [4.69, 9.17) is 0 Å². The van der Waals surface area contributed by atoms with Gasteiger partial charge in [-0.1, -0.05) is 62.3 Å². The lowest BCUT2D eigenvalue weighted by molar-refractivity contribution is 0.175. The van der Waals surface area contributed by atoms with E-state index in [1.54, 1.807) is 0 Å². The van der Waals surface area contributed by atoms with Gasteiger partial charge in [0.2, 0.25) is 0 Å². The van der Waals surface area contributed by atoms with E-state index in [0.29, 0.717) is 0 Å². The first-order valence-electron chi connectivity index (χ1n) is 7.88. The van der Waals surface area contributed by atoms with Crippen molar-refractivity contribution in [2.24, 2.45) is 0 Å². The summed E-state index contributed by atoms with van der Waals surface area (Å²) in [6, 6.07) is 10.9. The summed E-state index contributed by atoms with van der Waals surface area (Å²) in [6.07, 6.45) is 6.16. The van der Waals surface area contributed by atoms with Crippen LogP contribution in [0.1, 0.15) is 24.8 Å². The van der Waals surface area contributed by atoms with Crippen LogP contribution in [0.3, 0.4) is 0 Å². The van der Waals surface area contributed by atoms with Gasteiger partial charge in [-0.25, -0.2) is 0 Å². The number of hydrogen-bond donors (Lipinski definition) is 0. The molecule has 21 heavy (non-hydrogen) atoms. The second-order valence-corrected chi connectivity index (χ2v) is 12.5. The summed E-state index contributed by atoms with van der Waals surface area (Å²) in [5.41, 5.74) is 4.97. The van der Waals surface area contributed by atoms with Crippen LogP contribution in [0.5, 0.6) is 0 Å². The largest absolute Gasteiger partial charge is 0.275 e. The average Bonchev–Trinajstić information content (AvgIpc) is 2.49. The molecule has 0 N–H and O–H groups in total. The third kappa shape index (κ3) is 4.16. The van der Waals surface area contributed by atoms with Crippen LogP contribution in [0.25, 0.3) is 0 Å². The summed E-state index contributed by atoms with van der Waals surface area (Å²) in [6.45, 7) is 9.30. The van der Waals surface area contributed by atoms with E-state index in [1.807, 2.05) is 11.8 Å². The van der Waals surface area contributed by atoms with E-state index in [2.05, 4.69) is 72.6 Å². The Morgan fingerprint density at radius 2 is 1.67 bits per heavy atom. The highest BCUT2D eigenvalue weighted by molar-refractivity contribution is 7.99. The van der Waals surface area contributed by atoms with Gasteiger partial charge in [0.05, 0.1) is 0 Å². The molecular weight excluding hydrogens is 290 g/mol. The number of hydrogen-bond acceptors (Lipinski definition) is 2. The zero-order valence-electron chi connectivity index (χ0n) is 13.8. The minimum absolute atomic E-state index is 0.165. The number of benzene rings is 1. The minimum Gasteiger partial charge on any atom is -0.275 e. The molecule has 1 saturated heterocycles. The summed E-state index contributed by atoms with van der Waals surface area (Å²) >= 11 is 1.89. The highest BCUT2D eigenvalue weighted by Gasteiger charge is 2.37. The van der Waals surface area contributed by atoms with E-state index in [0.717, 1.165) is 13.1 Å². The Morgan fingerprint density at radius 1 is 1.05 bits per heavy atom. The van der Waals surface area contributed by atoms with Gasteiger partial charge in [0.1, 0.15) is 8.07 Å². The third-order valence-corrected chi connectivity index (χ3v) is 5.93. The molecule has 0 aromatic heterocycles. The highest BCUT2D eigenvalue weighted by atomic mass is 32.2. The molecule has 1 nitrogen and oxygen atoms in total. The molecule has 3 heteroatoms. The molecular formula is C18H27NSSi. The monoisotopic (exact) mass is 317 g/mol. The van der Waals surface area contributed by atoms with Gasteiger partial charge < -0.3 is 0 Å². The van der Waals surface area contributed by atoms with Gasteiger partial charge in [-0.15, -0.1) is 17.3 Å². The van der Waals surface area contributed by atoms with Crippen LogP contribution in [0, 0.1) is 11.5 Å². The van der Waals surface area contributed by atoms with E-state index in [1.165, 1.54) is 24.8 Å². The fourth-order valence-corrected chi connectivity index (χ4v) is 4.39. The maximum atomic E-state index is 3.71. The predicted octanol–water partition coefficient (Wildman–Crippen LogP) is 4.57. The summed E-state index contributed by atoms with van der Waals surface area (Å²) in [5.74, 6) is 3.71. The highest BCUT2D eigenvalue weighted by Crippen LogP contribution is 2.39. The Bertz CT molecular complexity index is 506. The molecule has 0 aliphatic carbocycles. The second kappa shape index (κ2) is 7.04. The Hall–Kier alpha value is -0.693. The summed E-state index contributed by atoms with van der Waals surface area (Å²) in [7, 11) is -1.38. The standard InChI is InChI=1S/C18H27NSSi/c1-20-18(13-16-21(2,3)4,17-11-7-5-8-12-17)19-14-9-6-10-15-19/h5,7-8,11-12H,6,9-10,14-15H2,1-4H3. The smallest absolute Gasteiger partial charge is 0.154 e. The molecule has 0 bridgehead atoms. The zero-order chi connectivity index (χ0) is 15.3. The Labute approximate surface area is 135 Å². The third-order valence-electron chi connectivity index (χ3n) is 3.87. The van der Waals surface area contributed by atoms with Crippen molar-refractivity contribution in [2.75, 3.05) is 19.3 Å². The molecule has 0 radical (unpaired) electrons. The summed E-state index contributed by atoms with van der Waals surface area (Å²) in [4.78, 5) is 2.44. The molecule has 114 valence electrons. The molecule has 0 saturated carbocycles. The minimum atomic E-state index is -1.38. The number of piperidine rings is 1. The van der Waals surface area contributed by atoms with Gasteiger partial charge in [-0.2, -0.15) is 0 Å². The van der Waals surface area contributed by atoms with Crippen molar-refractivity contribution in [2.45, 2.75) is 43.8 Å². The molecule has 1 aromatic rings. The van der Waals surface area contributed by atoms with Crippen LogP contribution < -0.4 is 0 Å². The van der Waals surface area contributed by atoms with Crippen LogP contribution in [0.4, 0.5) is 0 Å². The van der Waals surface area contributed by atoms with Crippen LogP contribution in [-0.4, -0.2) is 32.3 Å². The molecule has 1 atom stereocenters. The van der Waals surface area contributed by atoms with Crippen molar-refractivity contribution in [1.82, 2.24) is 4.90 Å². The van der Waals surface area contributed by atoms with Crippen molar-refractivity contribution < 1.29 is 0 Å². The van der Waals surface area contributed by atoms with Crippen LogP contribution in [-0.2, 0) is 4.87 Å². The first-order chi connectivity index (χ1) is 9.98. The first kappa shape index (κ1) is 16.7. The topological polar surface area (TPSA) is 3.24 Å². The molecule has 2 rings (SSSR count). The quantitative estimate of drug-likeness (QED) is 0.593. The average molecular weight is 318 g/mol. The fourth-order valence-electron chi connectivity index (χ4n) is 2.78. The zero-order valence-corrected chi connectivity index (χ0v) is 15.6. The number of rotatable bonds is 3.